The van der Waals surface area contributed by atoms with Crippen LogP contribution in [0.25, 0.3) is 0 Å². The molecule has 0 radical (unpaired) electrons. The van der Waals surface area contributed by atoms with Gasteiger partial charge >= 0.3 is 0 Å². The van der Waals surface area contributed by atoms with Crippen LogP contribution in [0.2, 0.25) is 5.02 Å². The average molecular weight is 310 g/mol. The molecule has 17 heavy (non-hydrogen) atoms. The van der Waals surface area contributed by atoms with Crippen molar-refractivity contribution >= 4 is 27.5 Å². The van der Waals surface area contributed by atoms with Crippen molar-refractivity contribution in [2.24, 2.45) is 0 Å². The smallest absolute Gasteiger partial charge is 0.0659 e. The maximum Gasteiger partial charge on any atom is 0.0659 e. The Morgan fingerprint density at radius 3 is 2.24 bits per heavy atom. The van der Waals surface area contributed by atoms with E-state index in [9.17, 15) is 0 Å². The fraction of sp³-hybridized carbons (Fsp3) is 0.200. The van der Waals surface area contributed by atoms with Crippen molar-refractivity contribution in [1.82, 2.24) is 0 Å². The molecule has 2 aromatic carbocycles. The van der Waals surface area contributed by atoms with Crippen LogP contribution < -0.4 is 0 Å². The van der Waals surface area contributed by atoms with Crippen molar-refractivity contribution in [3.05, 3.63) is 69.7 Å². The fourth-order valence-electron chi connectivity index (χ4n) is 1.80. The molecular weight excluding hydrogens is 296 g/mol. The van der Waals surface area contributed by atoms with Gasteiger partial charge in [-0.3, -0.25) is 0 Å². The van der Waals surface area contributed by atoms with E-state index >= 15 is 0 Å². The van der Waals surface area contributed by atoms with Gasteiger partial charge in [-0.2, -0.15) is 0 Å². The summed E-state index contributed by atoms with van der Waals surface area (Å²) in [5, 5.41) is 0.818. The predicted molar refractivity (Wildman–Crippen MR) is 78.1 cm³/mol. The van der Waals surface area contributed by atoms with Crippen LogP contribution in [0.3, 0.4) is 0 Å². The molecule has 0 saturated heterocycles. The highest BCUT2D eigenvalue weighted by molar-refractivity contribution is 9.09. The molecule has 2 heteroatoms. The van der Waals surface area contributed by atoms with Crippen molar-refractivity contribution in [2.45, 2.75) is 18.7 Å². The van der Waals surface area contributed by atoms with Crippen molar-refractivity contribution in [2.75, 3.05) is 0 Å². The number of hydrogen-bond acceptors (Lipinski definition) is 0. The summed E-state index contributed by atoms with van der Waals surface area (Å²) < 4.78 is 0. The van der Waals surface area contributed by atoms with Crippen molar-refractivity contribution in [3.63, 3.8) is 0 Å². The molecule has 0 aromatic heterocycles. The Morgan fingerprint density at radius 2 is 1.59 bits per heavy atom. The van der Waals surface area contributed by atoms with Crippen LogP contribution in [-0.2, 0) is 0 Å². The van der Waals surface area contributed by atoms with Gasteiger partial charge in [-0.1, -0.05) is 63.9 Å². The lowest BCUT2D eigenvalue weighted by Gasteiger charge is -2.14. The van der Waals surface area contributed by atoms with Gasteiger partial charge in [0.05, 0.1) is 4.83 Å². The minimum absolute atomic E-state index is 0.149. The SMILES string of the molecule is Cc1cc(Cl)c(C(Br)c2ccccc2)cc1C. The lowest BCUT2D eigenvalue weighted by atomic mass is 10.0. The Balaban J connectivity index is 2.44. The minimum Gasteiger partial charge on any atom is -0.0840 e. The number of alkyl halides is 1. The van der Waals surface area contributed by atoms with E-state index in [-0.39, 0.29) is 4.83 Å². The summed E-state index contributed by atoms with van der Waals surface area (Å²) in [4.78, 5) is 0.149. The van der Waals surface area contributed by atoms with Crippen molar-refractivity contribution in [3.8, 4) is 0 Å². The molecule has 0 aliphatic heterocycles. The molecule has 0 fully saturated rings. The Labute approximate surface area is 116 Å². The van der Waals surface area contributed by atoms with E-state index in [4.69, 9.17) is 11.6 Å². The Bertz CT molecular complexity index is 520. The third kappa shape index (κ3) is 2.72. The van der Waals surface area contributed by atoms with Crippen LogP contribution in [0.4, 0.5) is 0 Å². The zero-order chi connectivity index (χ0) is 12.4. The van der Waals surface area contributed by atoms with Gasteiger partial charge in [0.1, 0.15) is 0 Å². The molecule has 0 amide bonds. The van der Waals surface area contributed by atoms with E-state index in [1.165, 1.54) is 16.7 Å². The van der Waals surface area contributed by atoms with E-state index in [0.717, 1.165) is 10.6 Å². The Hall–Kier alpha value is -0.790. The second-order valence-electron chi connectivity index (χ2n) is 4.23. The van der Waals surface area contributed by atoms with Gasteiger partial charge in [0.2, 0.25) is 0 Å². The molecule has 0 aliphatic rings. The largest absolute Gasteiger partial charge is 0.0840 e. The van der Waals surface area contributed by atoms with E-state index in [0.29, 0.717) is 0 Å². The number of aryl methyl sites for hydroxylation is 2. The van der Waals surface area contributed by atoms with Crippen molar-refractivity contribution < 1.29 is 0 Å². The van der Waals surface area contributed by atoms with Gasteiger partial charge in [0, 0.05) is 5.02 Å². The second-order valence-corrected chi connectivity index (χ2v) is 5.55. The van der Waals surface area contributed by atoms with Crippen LogP contribution in [0.5, 0.6) is 0 Å². The predicted octanol–water partition coefficient (Wildman–Crippen LogP) is 5.44. The molecule has 88 valence electrons. The maximum atomic E-state index is 6.32. The summed E-state index contributed by atoms with van der Waals surface area (Å²) in [6, 6.07) is 14.5. The summed E-state index contributed by atoms with van der Waals surface area (Å²) >= 11 is 10.0. The molecule has 0 nitrogen and oxygen atoms in total. The van der Waals surface area contributed by atoms with Gasteiger partial charge in [0.15, 0.2) is 0 Å². The highest BCUT2D eigenvalue weighted by atomic mass is 79.9. The molecule has 0 spiro atoms. The minimum atomic E-state index is 0.149. The molecule has 1 atom stereocenters. The standard InChI is InChI=1S/C15H14BrCl/c1-10-8-13(14(17)9-11(10)2)15(16)12-6-4-3-5-7-12/h3-9,15H,1-2H3. The molecular formula is C15H14BrCl. The molecule has 2 aromatic rings. The topological polar surface area (TPSA) is 0 Å². The number of hydrogen-bond donors (Lipinski definition) is 0. The van der Waals surface area contributed by atoms with Gasteiger partial charge in [0.25, 0.3) is 0 Å². The summed E-state index contributed by atoms with van der Waals surface area (Å²) in [7, 11) is 0. The van der Waals surface area contributed by atoms with E-state index in [1.807, 2.05) is 24.3 Å². The first-order chi connectivity index (χ1) is 8.09. The molecule has 0 saturated carbocycles. The highest BCUT2D eigenvalue weighted by Gasteiger charge is 2.14. The maximum absolute atomic E-state index is 6.32. The van der Waals surface area contributed by atoms with Gasteiger partial charge < -0.3 is 0 Å². The molecule has 0 N–H and O–H groups in total. The van der Waals surface area contributed by atoms with Crippen molar-refractivity contribution in [1.29, 1.82) is 0 Å². The summed E-state index contributed by atoms with van der Waals surface area (Å²) in [5.74, 6) is 0. The van der Waals surface area contributed by atoms with Crippen LogP contribution in [0.15, 0.2) is 42.5 Å². The molecule has 0 aliphatic carbocycles. The normalized spacial score (nSPS) is 12.5. The second kappa shape index (κ2) is 5.24. The zero-order valence-corrected chi connectivity index (χ0v) is 12.2. The Kier molecular flexibility index (Phi) is 3.90. The van der Waals surface area contributed by atoms with E-state index in [1.54, 1.807) is 0 Å². The Morgan fingerprint density at radius 1 is 1.00 bits per heavy atom. The lowest BCUT2D eigenvalue weighted by Crippen LogP contribution is -1.95. The third-order valence-electron chi connectivity index (χ3n) is 2.98. The number of rotatable bonds is 2. The molecule has 2 rings (SSSR count). The quantitative estimate of drug-likeness (QED) is 0.648. The number of benzene rings is 2. The average Bonchev–Trinajstić information content (AvgIpc) is 2.34. The van der Waals surface area contributed by atoms with Gasteiger partial charge in [-0.15, -0.1) is 0 Å². The first-order valence-corrected chi connectivity index (χ1v) is 6.84. The van der Waals surface area contributed by atoms with E-state index in [2.05, 4.69) is 48.0 Å². The van der Waals surface area contributed by atoms with Crippen LogP contribution in [-0.4, -0.2) is 0 Å². The van der Waals surface area contributed by atoms with Gasteiger partial charge in [-0.05, 0) is 42.2 Å². The fourth-order valence-corrected chi connectivity index (χ4v) is 2.94. The third-order valence-corrected chi connectivity index (χ3v) is 4.33. The van der Waals surface area contributed by atoms with Crippen LogP contribution in [0.1, 0.15) is 27.1 Å². The summed E-state index contributed by atoms with van der Waals surface area (Å²) in [5.41, 5.74) is 4.84. The molecule has 0 heterocycles. The summed E-state index contributed by atoms with van der Waals surface area (Å²) in [6.07, 6.45) is 0. The first-order valence-electron chi connectivity index (χ1n) is 5.55. The monoisotopic (exact) mass is 308 g/mol. The van der Waals surface area contributed by atoms with Crippen LogP contribution in [0, 0.1) is 13.8 Å². The van der Waals surface area contributed by atoms with E-state index < -0.39 is 0 Å². The first kappa shape index (κ1) is 12.7. The summed E-state index contributed by atoms with van der Waals surface area (Å²) in [6.45, 7) is 4.19. The highest BCUT2D eigenvalue weighted by Crippen LogP contribution is 2.36. The lowest BCUT2D eigenvalue weighted by molar-refractivity contribution is 1.16. The van der Waals surface area contributed by atoms with Gasteiger partial charge in [-0.25, -0.2) is 0 Å². The molecule has 0 bridgehead atoms. The zero-order valence-electron chi connectivity index (χ0n) is 9.87. The number of halogens is 2. The molecule has 1 unspecified atom stereocenters. The van der Waals surface area contributed by atoms with Crippen LogP contribution >= 0.6 is 27.5 Å².